The Hall–Kier alpha value is -2.81. The van der Waals surface area contributed by atoms with Crippen LogP contribution in [0.4, 0.5) is 4.39 Å². The highest BCUT2D eigenvalue weighted by molar-refractivity contribution is 7.92. The zero-order valence-electron chi connectivity index (χ0n) is 17.8. The van der Waals surface area contributed by atoms with Gasteiger partial charge in [-0.15, -0.1) is 0 Å². The van der Waals surface area contributed by atoms with E-state index in [0.717, 1.165) is 6.20 Å². The van der Waals surface area contributed by atoms with Crippen molar-refractivity contribution in [3.05, 3.63) is 58.0 Å². The maximum absolute atomic E-state index is 14.5. The van der Waals surface area contributed by atoms with E-state index in [1.165, 1.54) is 15.2 Å². The first kappa shape index (κ1) is 21.4. The quantitative estimate of drug-likeness (QED) is 0.563. The van der Waals surface area contributed by atoms with Gasteiger partial charge in [-0.05, 0) is 45.0 Å². The monoisotopic (exact) mass is 445 g/mol. The first-order valence-electron chi connectivity index (χ1n) is 10.0. The molecule has 1 aliphatic rings. The van der Waals surface area contributed by atoms with Crippen molar-refractivity contribution in [2.75, 3.05) is 11.5 Å². The molecule has 3 heterocycles. The molecule has 3 aromatic rings. The molecule has 0 N–H and O–H groups in total. The minimum atomic E-state index is -3.05. The number of sulfone groups is 1. The molecule has 4 rings (SSSR count). The van der Waals surface area contributed by atoms with Crippen LogP contribution in [0.3, 0.4) is 0 Å². The van der Waals surface area contributed by atoms with E-state index in [2.05, 4.69) is 4.98 Å². The van der Waals surface area contributed by atoms with Crippen LogP contribution in [0.25, 0.3) is 16.7 Å². The Bertz CT molecular complexity index is 1370. The first-order valence-corrected chi connectivity index (χ1v) is 11.9. The molecule has 1 saturated heterocycles. The predicted molar refractivity (Wildman–Crippen MR) is 116 cm³/mol. The molecule has 164 valence electrons. The Labute approximate surface area is 179 Å². The van der Waals surface area contributed by atoms with Crippen molar-refractivity contribution in [3.8, 4) is 5.69 Å². The van der Waals surface area contributed by atoms with Crippen molar-refractivity contribution in [1.82, 2.24) is 14.1 Å². The fraction of sp³-hybridized carbons (Fsp3) is 0.409. The van der Waals surface area contributed by atoms with E-state index in [1.54, 1.807) is 32.0 Å². The zero-order chi connectivity index (χ0) is 22.7. The van der Waals surface area contributed by atoms with E-state index >= 15 is 0 Å². The molecule has 7 nitrogen and oxygen atoms in total. The van der Waals surface area contributed by atoms with Crippen molar-refractivity contribution >= 4 is 26.7 Å². The second-order valence-electron chi connectivity index (χ2n) is 9.01. The second-order valence-corrected chi connectivity index (χ2v) is 11.1. The summed E-state index contributed by atoms with van der Waals surface area (Å²) >= 11 is 0. The number of carbonyl (C=O) groups excluding carboxylic acids is 1. The van der Waals surface area contributed by atoms with Gasteiger partial charge in [0.2, 0.25) is 0 Å². The van der Waals surface area contributed by atoms with Gasteiger partial charge in [-0.3, -0.25) is 18.9 Å². The highest BCUT2D eigenvalue weighted by Crippen LogP contribution is 2.37. The lowest BCUT2D eigenvalue weighted by molar-refractivity contribution is 0.0936. The summed E-state index contributed by atoms with van der Waals surface area (Å²) in [6.45, 7) is 7.19. The van der Waals surface area contributed by atoms with Crippen LogP contribution in [0.1, 0.15) is 49.3 Å². The van der Waals surface area contributed by atoms with E-state index in [1.807, 2.05) is 13.8 Å². The molecular formula is C22H24FN3O4S. The van der Waals surface area contributed by atoms with Crippen LogP contribution in [-0.4, -0.2) is 39.8 Å². The van der Waals surface area contributed by atoms with Crippen molar-refractivity contribution < 1.29 is 17.6 Å². The summed E-state index contributed by atoms with van der Waals surface area (Å²) in [6, 6.07) is 6.17. The van der Waals surface area contributed by atoms with E-state index in [-0.39, 0.29) is 35.4 Å². The predicted octanol–water partition coefficient (Wildman–Crippen LogP) is 3.22. The molecule has 0 radical (unpaired) electrons. The third-order valence-corrected chi connectivity index (χ3v) is 7.92. The van der Waals surface area contributed by atoms with Crippen molar-refractivity contribution in [2.45, 2.75) is 40.2 Å². The summed E-state index contributed by atoms with van der Waals surface area (Å²) < 4.78 is 40.5. The number of rotatable bonds is 5. The first-order chi connectivity index (χ1) is 14.4. The van der Waals surface area contributed by atoms with Crippen LogP contribution >= 0.6 is 0 Å². The number of hydrogen-bond acceptors (Lipinski definition) is 5. The number of imidazole rings is 1. The van der Waals surface area contributed by atoms with Crippen molar-refractivity contribution in [2.24, 2.45) is 5.41 Å². The van der Waals surface area contributed by atoms with Gasteiger partial charge in [-0.25, -0.2) is 17.6 Å². The number of fused-ring (bicyclic) bond motifs is 1. The van der Waals surface area contributed by atoms with Crippen molar-refractivity contribution in [3.63, 3.8) is 0 Å². The van der Waals surface area contributed by atoms with Gasteiger partial charge >= 0.3 is 5.69 Å². The van der Waals surface area contributed by atoms with Gasteiger partial charge in [0, 0.05) is 29.1 Å². The third-order valence-electron chi connectivity index (χ3n) is 5.65. The summed E-state index contributed by atoms with van der Waals surface area (Å²) in [7, 11) is -3.05. The number of hydrogen-bond donors (Lipinski definition) is 0. The van der Waals surface area contributed by atoms with Crippen LogP contribution in [0.5, 0.6) is 0 Å². The highest BCUT2D eigenvalue weighted by Gasteiger charge is 2.45. The summed E-state index contributed by atoms with van der Waals surface area (Å²) in [5, 5.41) is 0. The number of aryl methyl sites for hydroxylation is 1. The topological polar surface area (TPSA) is 91.0 Å². The molecule has 9 heteroatoms. The summed E-state index contributed by atoms with van der Waals surface area (Å²) in [4.78, 5) is 30.0. The number of aromatic nitrogens is 3. The minimum Gasteiger partial charge on any atom is -0.294 e. The third kappa shape index (κ3) is 3.71. The number of halogens is 1. The number of benzene rings is 1. The summed E-state index contributed by atoms with van der Waals surface area (Å²) in [5.74, 6) is -0.792. The number of ketones is 1. The number of nitrogens with zero attached hydrogens (tertiary/aromatic N) is 3. The molecule has 2 aromatic heterocycles. The average Bonchev–Trinajstić information content (AvgIpc) is 2.92. The van der Waals surface area contributed by atoms with E-state index in [4.69, 9.17) is 0 Å². The summed E-state index contributed by atoms with van der Waals surface area (Å²) in [6.07, 6.45) is 1.20. The molecule has 0 atom stereocenters. The number of Topliss-reactive ketones (excluding diaryl/α,β-unsaturated/α-hetero) is 1. The molecule has 0 bridgehead atoms. The molecule has 1 aliphatic heterocycles. The largest absolute Gasteiger partial charge is 0.334 e. The number of carbonyl (C=O) groups is 1. The van der Waals surface area contributed by atoms with Crippen LogP contribution in [-0.2, 0) is 9.84 Å². The lowest BCUT2D eigenvalue weighted by Gasteiger charge is -2.37. The molecule has 0 spiro atoms. The van der Waals surface area contributed by atoms with Crippen LogP contribution in [0.15, 0.2) is 35.3 Å². The molecule has 0 saturated carbocycles. The normalized spacial score (nSPS) is 17.1. The molecule has 1 aromatic carbocycles. The Kier molecular flexibility index (Phi) is 4.92. The van der Waals surface area contributed by atoms with Crippen LogP contribution in [0, 0.1) is 18.2 Å². The standard InChI is InChI=1S/C22H24FN3O4S/c1-13(2)25-19-8-15(20(27)9-22(4)11-31(29,30)12-22)5-6-17(19)26(21(25)28)18-7-14(3)24-10-16(18)23/h5-8,10,13H,9,11-12H2,1-4H3. The molecule has 1 fully saturated rings. The maximum Gasteiger partial charge on any atom is 0.334 e. The molecule has 31 heavy (non-hydrogen) atoms. The summed E-state index contributed by atoms with van der Waals surface area (Å²) in [5.41, 5.74) is 1.11. The van der Waals surface area contributed by atoms with Gasteiger partial charge in [0.25, 0.3) is 0 Å². The van der Waals surface area contributed by atoms with E-state index < -0.39 is 26.8 Å². The maximum atomic E-state index is 14.5. The molecule has 0 aliphatic carbocycles. The molecule has 0 unspecified atom stereocenters. The smallest absolute Gasteiger partial charge is 0.294 e. The lowest BCUT2D eigenvalue weighted by Crippen LogP contribution is -2.47. The van der Waals surface area contributed by atoms with Gasteiger partial charge < -0.3 is 0 Å². The molecular weight excluding hydrogens is 421 g/mol. The lowest BCUT2D eigenvalue weighted by atomic mass is 9.86. The van der Waals surface area contributed by atoms with E-state index in [9.17, 15) is 22.4 Å². The van der Waals surface area contributed by atoms with Gasteiger partial charge in [0.15, 0.2) is 21.4 Å². The fourth-order valence-electron chi connectivity index (χ4n) is 4.44. The second kappa shape index (κ2) is 7.12. The Balaban J connectivity index is 1.83. The van der Waals surface area contributed by atoms with Crippen molar-refractivity contribution in [1.29, 1.82) is 0 Å². The average molecular weight is 446 g/mol. The fourth-order valence-corrected chi connectivity index (χ4v) is 6.68. The van der Waals surface area contributed by atoms with Gasteiger partial charge in [0.05, 0.1) is 34.4 Å². The minimum absolute atomic E-state index is 0.00172. The van der Waals surface area contributed by atoms with Gasteiger partial charge in [-0.1, -0.05) is 6.92 Å². The van der Waals surface area contributed by atoms with E-state index in [0.29, 0.717) is 22.3 Å². The van der Waals surface area contributed by atoms with Crippen LogP contribution < -0.4 is 5.69 Å². The van der Waals surface area contributed by atoms with Crippen LogP contribution in [0.2, 0.25) is 0 Å². The Morgan fingerprint density at radius 3 is 2.52 bits per heavy atom. The molecule has 0 amide bonds. The Morgan fingerprint density at radius 1 is 1.23 bits per heavy atom. The zero-order valence-corrected chi connectivity index (χ0v) is 18.7. The van der Waals surface area contributed by atoms with Gasteiger partial charge in [-0.2, -0.15) is 0 Å². The number of pyridine rings is 1. The SMILES string of the molecule is Cc1cc(-n2c(=O)n(C(C)C)c3cc(C(=O)CC4(C)CS(=O)(=O)C4)ccc32)c(F)cn1. The highest BCUT2D eigenvalue weighted by atomic mass is 32.2. The Morgan fingerprint density at radius 2 is 1.90 bits per heavy atom. The van der Waals surface area contributed by atoms with Gasteiger partial charge in [0.1, 0.15) is 0 Å².